The molecular weight excluding hydrogens is 513 g/mol. The Morgan fingerprint density at radius 3 is 2.62 bits per heavy atom. The van der Waals surface area contributed by atoms with E-state index >= 15 is 0 Å². The molecule has 0 spiro atoms. The van der Waals surface area contributed by atoms with Gasteiger partial charge in [0.15, 0.2) is 5.82 Å². The summed E-state index contributed by atoms with van der Waals surface area (Å²) in [5.74, 6) is 0.713. The van der Waals surface area contributed by atoms with Crippen LogP contribution < -0.4 is 10.6 Å². The minimum atomic E-state index is -1.15. The van der Waals surface area contributed by atoms with Crippen LogP contribution in [-0.4, -0.2) is 32.5 Å². The molecule has 0 saturated carbocycles. The molecule has 0 radical (unpaired) electrons. The van der Waals surface area contributed by atoms with Crippen LogP contribution in [0.4, 0.5) is 0 Å². The molecule has 1 aromatic carbocycles. The van der Waals surface area contributed by atoms with Crippen molar-refractivity contribution in [1.82, 2.24) is 25.8 Å². The van der Waals surface area contributed by atoms with Gasteiger partial charge in [-0.05, 0) is 49.3 Å². The number of aryl methyl sites for hydroxylation is 2. The van der Waals surface area contributed by atoms with Gasteiger partial charge in [-0.2, -0.15) is 4.98 Å². The molecule has 37 heavy (non-hydrogen) atoms. The number of carbonyl (C=O) groups is 2. The maximum absolute atomic E-state index is 14.1. The van der Waals surface area contributed by atoms with Crippen molar-refractivity contribution in [3.05, 3.63) is 45.2 Å². The molecule has 1 unspecified atom stereocenters. The summed E-state index contributed by atoms with van der Waals surface area (Å²) in [6, 6.07) is 3.08. The van der Waals surface area contributed by atoms with Crippen molar-refractivity contribution in [2.24, 2.45) is 11.8 Å². The number of nitrogens with one attached hydrogen (secondary N) is 3. The van der Waals surface area contributed by atoms with E-state index in [0.29, 0.717) is 47.4 Å². The lowest BCUT2D eigenvalue weighted by atomic mass is 9.78. The zero-order valence-electron chi connectivity index (χ0n) is 22.0. The van der Waals surface area contributed by atoms with Crippen LogP contribution in [0.25, 0.3) is 10.9 Å². The van der Waals surface area contributed by atoms with Gasteiger partial charge >= 0.3 is 0 Å². The monoisotopic (exact) mass is 547 g/mol. The number of aromatic nitrogens is 3. The number of fused-ring (bicyclic) bond motifs is 3. The quantitative estimate of drug-likeness (QED) is 0.311. The van der Waals surface area contributed by atoms with Crippen molar-refractivity contribution in [2.45, 2.75) is 84.7 Å². The Hall–Kier alpha value is -2.58. The zero-order valence-corrected chi connectivity index (χ0v) is 23.5. The molecule has 1 aliphatic carbocycles. The van der Waals surface area contributed by atoms with Gasteiger partial charge in [0, 0.05) is 28.9 Å². The molecule has 3 N–H and O–H groups in total. The van der Waals surface area contributed by atoms with Crippen molar-refractivity contribution in [3.8, 4) is 0 Å². The van der Waals surface area contributed by atoms with Gasteiger partial charge in [0.05, 0.1) is 10.5 Å². The minimum Gasteiger partial charge on any atom is -0.357 e. The highest BCUT2D eigenvalue weighted by atomic mass is 35.5. The molecule has 3 aromatic rings. The molecule has 4 rings (SSSR count). The Balaban J connectivity index is 1.73. The third kappa shape index (κ3) is 5.65. The molecule has 10 heteroatoms. The molecule has 2 amide bonds. The fourth-order valence-corrected chi connectivity index (χ4v) is 5.55. The summed E-state index contributed by atoms with van der Waals surface area (Å²) in [6.07, 6.45) is 3.34. The van der Waals surface area contributed by atoms with Gasteiger partial charge in [-0.3, -0.25) is 9.59 Å². The number of rotatable bonds is 9. The predicted molar refractivity (Wildman–Crippen MR) is 145 cm³/mol. The summed E-state index contributed by atoms with van der Waals surface area (Å²) < 4.78 is 5.45. The molecule has 8 nitrogen and oxygen atoms in total. The van der Waals surface area contributed by atoms with Crippen LogP contribution in [0.3, 0.4) is 0 Å². The summed E-state index contributed by atoms with van der Waals surface area (Å²) in [5.41, 5.74) is 1.59. The molecule has 0 saturated heterocycles. The molecule has 4 atom stereocenters. The number of halogens is 2. The van der Waals surface area contributed by atoms with Crippen molar-refractivity contribution < 1.29 is 14.1 Å². The zero-order chi connectivity index (χ0) is 26.9. The molecule has 0 bridgehead atoms. The maximum atomic E-state index is 14.1. The molecule has 1 aliphatic rings. The van der Waals surface area contributed by atoms with E-state index in [2.05, 4.69) is 32.7 Å². The van der Waals surface area contributed by atoms with Gasteiger partial charge in [0.2, 0.25) is 17.7 Å². The predicted octanol–water partition coefficient (Wildman–Crippen LogP) is 5.85. The third-order valence-corrected chi connectivity index (χ3v) is 8.17. The van der Waals surface area contributed by atoms with Crippen molar-refractivity contribution in [1.29, 1.82) is 0 Å². The Morgan fingerprint density at radius 1 is 1.22 bits per heavy atom. The van der Waals surface area contributed by atoms with E-state index in [0.717, 1.165) is 35.0 Å². The van der Waals surface area contributed by atoms with Crippen LogP contribution in [0.2, 0.25) is 10.0 Å². The van der Waals surface area contributed by atoms with Crippen molar-refractivity contribution in [3.63, 3.8) is 0 Å². The number of hydrogen-bond acceptors (Lipinski definition) is 5. The molecule has 2 aromatic heterocycles. The van der Waals surface area contributed by atoms with E-state index in [1.54, 1.807) is 13.0 Å². The smallest absolute Gasteiger partial charge is 0.249 e. The first kappa shape index (κ1) is 27.5. The Morgan fingerprint density at radius 2 is 1.97 bits per heavy atom. The normalized spacial score (nSPS) is 19.8. The second-order valence-electron chi connectivity index (χ2n) is 10.4. The van der Waals surface area contributed by atoms with Crippen LogP contribution in [0, 0.1) is 18.8 Å². The minimum absolute atomic E-state index is 0.0431. The fourth-order valence-electron chi connectivity index (χ4n) is 5.01. The van der Waals surface area contributed by atoms with E-state index in [4.69, 9.17) is 27.7 Å². The van der Waals surface area contributed by atoms with E-state index in [-0.39, 0.29) is 23.7 Å². The third-order valence-electron chi connectivity index (χ3n) is 7.65. The Labute approximate surface area is 227 Å². The number of hydrogen-bond donors (Lipinski definition) is 3. The number of amides is 2. The van der Waals surface area contributed by atoms with Crippen LogP contribution in [0.1, 0.15) is 82.4 Å². The highest BCUT2D eigenvalue weighted by Gasteiger charge is 2.45. The highest BCUT2D eigenvalue weighted by Crippen LogP contribution is 2.39. The number of carbonyl (C=O) groups excluding carboxylic acids is 2. The summed E-state index contributed by atoms with van der Waals surface area (Å²) in [4.78, 5) is 35.1. The van der Waals surface area contributed by atoms with Gasteiger partial charge in [0.25, 0.3) is 0 Å². The van der Waals surface area contributed by atoms with E-state index in [9.17, 15) is 9.59 Å². The SMILES string of the molecule is CCC(C)CC(=O)N[C@]1(C(=O)N[C@H](c2nc(C)no2)[C@@H](C)CC)CCc2[nH]c3c(Cl)cc(Cl)cc3c2C1. The van der Waals surface area contributed by atoms with E-state index < -0.39 is 11.6 Å². The highest BCUT2D eigenvalue weighted by molar-refractivity contribution is 6.38. The lowest BCUT2D eigenvalue weighted by molar-refractivity contribution is -0.135. The van der Waals surface area contributed by atoms with Gasteiger partial charge in [-0.25, -0.2) is 0 Å². The number of nitrogens with zero attached hydrogens (tertiary/aromatic N) is 2. The topological polar surface area (TPSA) is 113 Å². The average Bonchev–Trinajstić information content (AvgIpc) is 3.45. The first-order valence-electron chi connectivity index (χ1n) is 13.0. The van der Waals surface area contributed by atoms with Crippen LogP contribution in [0.15, 0.2) is 16.7 Å². The largest absolute Gasteiger partial charge is 0.357 e. The van der Waals surface area contributed by atoms with Crippen LogP contribution >= 0.6 is 23.2 Å². The van der Waals surface area contributed by atoms with Gasteiger partial charge in [-0.1, -0.05) is 68.9 Å². The van der Waals surface area contributed by atoms with Gasteiger partial charge in [-0.15, -0.1) is 0 Å². The van der Waals surface area contributed by atoms with Gasteiger partial charge < -0.3 is 20.1 Å². The summed E-state index contributed by atoms with van der Waals surface area (Å²) in [6.45, 7) is 9.90. The fraction of sp³-hybridized carbons (Fsp3) is 0.556. The number of H-pyrrole nitrogens is 1. The first-order valence-corrected chi connectivity index (χ1v) is 13.7. The lowest BCUT2D eigenvalue weighted by Gasteiger charge is -2.38. The van der Waals surface area contributed by atoms with E-state index in [1.807, 2.05) is 26.8 Å². The van der Waals surface area contributed by atoms with Crippen molar-refractivity contribution in [2.75, 3.05) is 0 Å². The molecular formula is C27H35Cl2N5O3. The molecule has 2 heterocycles. The number of benzene rings is 1. The lowest BCUT2D eigenvalue weighted by Crippen LogP contribution is -2.62. The second kappa shape index (κ2) is 11.0. The molecule has 0 aliphatic heterocycles. The number of aromatic amines is 1. The summed E-state index contributed by atoms with van der Waals surface area (Å²) >= 11 is 12.8. The molecule has 0 fully saturated rings. The summed E-state index contributed by atoms with van der Waals surface area (Å²) in [5, 5.41) is 12.1. The average molecular weight is 549 g/mol. The van der Waals surface area contributed by atoms with Gasteiger partial charge in [0.1, 0.15) is 11.6 Å². The standard InChI is InChI=1S/C27H35Cl2N5O3/c1-6-14(3)10-22(35)33-27(26(36)32-23(15(4)7-2)25-30-16(5)34-37-25)9-8-21-19(13-27)18-11-17(28)12-20(29)24(18)31-21/h11-12,14-15,23,31H,6-10,13H2,1-5H3,(H,32,36)(H,33,35)/t14?,15-,23-,27+/m0/s1. The maximum Gasteiger partial charge on any atom is 0.249 e. The Bertz CT molecular complexity index is 1300. The van der Waals surface area contributed by atoms with Crippen LogP contribution in [0.5, 0.6) is 0 Å². The Kier molecular flexibility index (Phi) is 8.19. The van der Waals surface area contributed by atoms with Crippen molar-refractivity contribution >= 4 is 45.9 Å². The second-order valence-corrected chi connectivity index (χ2v) is 11.3. The summed E-state index contributed by atoms with van der Waals surface area (Å²) in [7, 11) is 0. The van der Waals surface area contributed by atoms with E-state index in [1.165, 1.54) is 0 Å². The van der Waals surface area contributed by atoms with Crippen LogP contribution in [-0.2, 0) is 22.4 Å². The molecule has 200 valence electrons. The first-order chi connectivity index (χ1) is 17.6.